The zero-order valence-corrected chi connectivity index (χ0v) is 12.4. The SMILES string of the molecule is CCCNc1cccc(C(=O)N2CC(C)OC(C)C2)n1. The highest BCUT2D eigenvalue weighted by molar-refractivity contribution is 5.92. The fraction of sp³-hybridized carbons (Fsp3) is 0.600. The number of anilines is 1. The molecule has 110 valence electrons. The molecule has 1 aliphatic rings. The van der Waals surface area contributed by atoms with E-state index in [0.717, 1.165) is 18.8 Å². The Morgan fingerprint density at radius 2 is 2.10 bits per heavy atom. The van der Waals surface area contributed by atoms with Gasteiger partial charge in [0, 0.05) is 19.6 Å². The molecule has 2 rings (SSSR count). The lowest BCUT2D eigenvalue weighted by molar-refractivity contribution is -0.0587. The summed E-state index contributed by atoms with van der Waals surface area (Å²) in [6, 6.07) is 5.52. The number of amides is 1. The molecule has 0 spiro atoms. The summed E-state index contributed by atoms with van der Waals surface area (Å²) in [6.07, 6.45) is 1.17. The second-order valence-electron chi connectivity index (χ2n) is 5.30. The van der Waals surface area contributed by atoms with E-state index in [4.69, 9.17) is 4.74 Å². The summed E-state index contributed by atoms with van der Waals surface area (Å²) in [5.74, 6) is 0.735. The minimum absolute atomic E-state index is 0.0212. The van der Waals surface area contributed by atoms with Crippen molar-refractivity contribution in [1.29, 1.82) is 0 Å². The largest absolute Gasteiger partial charge is 0.372 e. The van der Waals surface area contributed by atoms with Crippen molar-refractivity contribution < 1.29 is 9.53 Å². The molecule has 1 fully saturated rings. The minimum Gasteiger partial charge on any atom is -0.372 e. The number of rotatable bonds is 4. The van der Waals surface area contributed by atoms with Gasteiger partial charge in [-0.3, -0.25) is 4.79 Å². The summed E-state index contributed by atoms with van der Waals surface area (Å²) in [4.78, 5) is 18.7. The maximum absolute atomic E-state index is 12.5. The lowest BCUT2D eigenvalue weighted by Gasteiger charge is -2.35. The molecule has 1 saturated heterocycles. The molecule has 20 heavy (non-hydrogen) atoms. The number of nitrogens with one attached hydrogen (secondary N) is 1. The fourth-order valence-corrected chi connectivity index (χ4v) is 2.41. The van der Waals surface area contributed by atoms with E-state index in [-0.39, 0.29) is 18.1 Å². The van der Waals surface area contributed by atoms with Crippen LogP contribution in [0.5, 0.6) is 0 Å². The van der Waals surface area contributed by atoms with Gasteiger partial charge in [0.2, 0.25) is 0 Å². The maximum Gasteiger partial charge on any atom is 0.272 e. The minimum atomic E-state index is -0.0212. The Hall–Kier alpha value is -1.62. The Labute approximate surface area is 120 Å². The van der Waals surface area contributed by atoms with Crippen molar-refractivity contribution in [3.8, 4) is 0 Å². The van der Waals surface area contributed by atoms with E-state index < -0.39 is 0 Å². The van der Waals surface area contributed by atoms with Crippen LogP contribution in [0.15, 0.2) is 18.2 Å². The van der Waals surface area contributed by atoms with Gasteiger partial charge in [-0.25, -0.2) is 4.98 Å². The second-order valence-corrected chi connectivity index (χ2v) is 5.30. The molecule has 2 unspecified atom stereocenters. The first-order valence-corrected chi connectivity index (χ1v) is 7.25. The average molecular weight is 277 g/mol. The Morgan fingerprint density at radius 3 is 2.75 bits per heavy atom. The average Bonchev–Trinajstić information content (AvgIpc) is 2.43. The summed E-state index contributed by atoms with van der Waals surface area (Å²) < 4.78 is 5.65. The number of carbonyl (C=O) groups excluding carboxylic acids is 1. The van der Waals surface area contributed by atoms with Crippen LogP contribution < -0.4 is 5.32 Å². The third kappa shape index (κ3) is 3.70. The third-order valence-electron chi connectivity index (χ3n) is 3.23. The van der Waals surface area contributed by atoms with E-state index >= 15 is 0 Å². The molecule has 1 aromatic rings. The fourth-order valence-electron chi connectivity index (χ4n) is 2.41. The number of aromatic nitrogens is 1. The zero-order valence-electron chi connectivity index (χ0n) is 12.4. The number of hydrogen-bond donors (Lipinski definition) is 1. The molecule has 1 aromatic heterocycles. The van der Waals surface area contributed by atoms with Crippen LogP contribution in [0.1, 0.15) is 37.7 Å². The van der Waals surface area contributed by atoms with Gasteiger partial charge in [0.15, 0.2) is 0 Å². The monoisotopic (exact) mass is 277 g/mol. The first-order chi connectivity index (χ1) is 9.60. The zero-order chi connectivity index (χ0) is 14.5. The van der Waals surface area contributed by atoms with Crippen molar-refractivity contribution in [3.63, 3.8) is 0 Å². The van der Waals surface area contributed by atoms with Crippen molar-refractivity contribution in [1.82, 2.24) is 9.88 Å². The first-order valence-electron chi connectivity index (χ1n) is 7.25. The molecule has 2 heterocycles. The number of nitrogens with zero attached hydrogens (tertiary/aromatic N) is 2. The smallest absolute Gasteiger partial charge is 0.272 e. The maximum atomic E-state index is 12.5. The molecule has 2 atom stereocenters. The highest BCUT2D eigenvalue weighted by Crippen LogP contribution is 2.14. The lowest BCUT2D eigenvalue weighted by atomic mass is 10.2. The predicted molar refractivity (Wildman–Crippen MR) is 78.9 cm³/mol. The topological polar surface area (TPSA) is 54.5 Å². The summed E-state index contributed by atoms with van der Waals surface area (Å²) in [5.41, 5.74) is 0.493. The van der Waals surface area contributed by atoms with Crippen molar-refractivity contribution >= 4 is 11.7 Å². The standard InChI is InChI=1S/C15H23N3O2/c1-4-8-16-14-7-5-6-13(17-14)15(19)18-9-11(2)20-12(3)10-18/h5-7,11-12H,4,8-10H2,1-3H3,(H,16,17). The highest BCUT2D eigenvalue weighted by Gasteiger charge is 2.27. The van der Waals surface area contributed by atoms with Crippen LogP contribution in [0, 0.1) is 0 Å². The van der Waals surface area contributed by atoms with Crippen LogP contribution in [0.2, 0.25) is 0 Å². The van der Waals surface area contributed by atoms with Gasteiger partial charge in [-0.05, 0) is 32.4 Å². The molecule has 0 saturated carbocycles. The number of hydrogen-bond acceptors (Lipinski definition) is 4. The van der Waals surface area contributed by atoms with Gasteiger partial charge in [0.1, 0.15) is 11.5 Å². The van der Waals surface area contributed by atoms with Crippen LogP contribution in [0.4, 0.5) is 5.82 Å². The molecule has 5 nitrogen and oxygen atoms in total. The third-order valence-corrected chi connectivity index (χ3v) is 3.23. The van der Waals surface area contributed by atoms with Gasteiger partial charge in [-0.15, -0.1) is 0 Å². The molecule has 1 N–H and O–H groups in total. The van der Waals surface area contributed by atoms with Crippen molar-refractivity contribution in [2.24, 2.45) is 0 Å². The quantitative estimate of drug-likeness (QED) is 0.916. The van der Waals surface area contributed by atoms with Crippen molar-refractivity contribution in [3.05, 3.63) is 23.9 Å². The Bertz CT molecular complexity index is 454. The molecule has 0 aliphatic carbocycles. The van der Waals surface area contributed by atoms with E-state index in [2.05, 4.69) is 17.2 Å². The molecule has 1 amide bonds. The van der Waals surface area contributed by atoms with Gasteiger partial charge >= 0.3 is 0 Å². The van der Waals surface area contributed by atoms with E-state index in [1.54, 1.807) is 6.07 Å². The van der Waals surface area contributed by atoms with Crippen molar-refractivity contribution in [2.45, 2.75) is 39.4 Å². The summed E-state index contributed by atoms with van der Waals surface area (Å²) in [6.45, 7) is 8.18. The highest BCUT2D eigenvalue weighted by atomic mass is 16.5. The first kappa shape index (κ1) is 14.8. The lowest BCUT2D eigenvalue weighted by Crippen LogP contribution is -2.48. The van der Waals surface area contributed by atoms with Crippen LogP contribution in [0.25, 0.3) is 0 Å². The number of carbonyl (C=O) groups is 1. The Balaban J connectivity index is 2.08. The van der Waals surface area contributed by atoms with Gasteiger partial charge in [-0.2, -0.15) is 0 Å². The Kier molecular flexibility index (Phi) is 4.95. The molecule has 0 aromatic carbocycles. The summed E-state index contributed by atoms with van der Waals surface area (Å²) in [7, 11) is 0. The number of morpholine rings is 1. The van der Waals surface area contributed by atoms with E-state index in [1.807, 2.05) is 30.9 Å². The van der Waals surface area contributed by atoms with Crippen LogP contribution in [-0.4, -0.2) is 47.6 Å². The summed E-state index contributed by atoms with van der Waals surface area (Å²) >= 11 is 0. The number of ether oxygens (including phenoxy) is 1. The predicted octanol–water partition coefficient (Wildman–Crippen LogP) is 2.15. The van der Waals surface area contributed by atoms with Gasteiger partial charge in [0.05, 0.1) is 12.2 Å². The van der Waals surface area contributed by atoms with E-state index in [9.17, 15) is 4.79 Å². The molecule has 0 bridgehead atoms. The molecule has 0 radical (unpaired) electrons. The molecule has 1 aliphatic heterocycles. The normalized spacial score (nSPS) is 22.6. The number of pyridine rings is 1. The van der Waals surface area contributed by atoms with Crippen LogP contribution in [0.3, 0.4) is 0 Å². The molecule has 5 heteroatoms. The summed E-state index contributed by atoms with van der Waals surface area (Å²) in [5, 5.41) is 3.20. The Morgan fingerprint density at radius 1 is 1.40 bits per heavy atom. The van der Waals surface area contributed by atoms with Crippen LogP contribution >= 0.6 is 0 Å². The van der Waals surface area contributed by atoms with Gasteiger partial charge in [-0.1, -0.05) is 13.0 Å². The van der Waals surface area contributed by atoms with Crippen LogP contribution in [-0.2, 0) is 4.74 Å². The molecular formula is C15H23N3O2. The van der Waals surface area contributed by atoms with Gasteiger partial charge < -0.3 is 15.0 Å². The van der Waals surface area contributed by atoms with E-state index in [0.29, 0.717) is 18.8 Å². The van der Waals surface area contributed by atoms with Gasteiger partial charge in [0.25, 0.3) is 5.91 Å². The molecular weight excluding hydrogens is 254 g/mol. The second kappa shape index (κ2) is 6.70. The van der Waals surface area contributed by atoms with E-state index in [1.165, 1.54) is 0 Å². The van der Waals surface area contributed by atoms with Crippen molar-refractivity contribution in [2.75, 3.05) is 25.0 Å².